The third kappa shape index (κ3) is 3.17. The maximum absolute atomic E-state index is 13.7. The van der Waals surface area contributed by atoms with Gasteiger partial charge in [-0.2, -0.15) is 0 Å². The van der Waals surface area contributed by atoms with Crippen LogP contribution in [0.1, 0.15) is 31.9 Å². The molecule has 90 valence electrons. The molecule has 0 bridgehead atoms. The summed E-state index contributed by atoms with van der Waals surface area (Å²) in [6.07, 6.45) is 0.713. The molecular formula is C12H17ClFNO. The van der Waals surface area contributed by atoms with Crippen LogP contribution in [0.25, 0.3) is 0 Å². The van der Waals surface area contributed by atoms with Crippen molar-refractivity contribution in [3.63, 3.8) is 0 Å². The van der Waals surface area contributed by atoms with E-state index >= 15 is 0 Å². The third-order valence-corrected chi connectivity index (χ3v) is 2.85. The Balaban J connectivity index is 2.94. The smallest absolute Gasteiger partial charge is 0.129 e. The first-order valence-electron chi connectivity index (χ1n) is 5.41. The highest BCUT2D eigenvalue weighted by molar-refractivity contribution is 6.31. The van der Waals surface area contributed by atoms with E-state index < -0.39 is 0 Å². The molecule has 1 aromatic rings. The van der Waals surface area contributed by atoms with Gasteiger partial charge in [0.1, 0.15) is 5.82 Å². The Hall–Kier alpha value is -0.640. The van der Waals surface area contributed by atoms with E-state index in [2.05, 4.69) is 5.32 Å². The Morgan fingerprint density at radius 3 is 2.69 bits per heavy atom. The first kappa shape index (κ1) is 13.4. The van der Waals surface area contributed by atoms with Gasteiger partial charge in [-0.15, -0.1) is 0 Å². The zero-order chi connectivity index (χ0) is 12.1. The van der Waals surface area contributed by atoms with E-state index in [1.54, 1.807) is 12.1 Å². The molecule has 2 atom stereocenters. The lowest BCUT2D eigenvalue weighted by atomic mass is 10.0. The van der Waals surface area contributed by atoms with E-state index in [0.717, 1.165) is 0 Å². The Morgan fingerprint density at radius 2 is 2.19 bits per heavy atom. The van der Waals surface area contributed by atoms with Crippen LogP contribution < -0.4 is 5.32 Å². The van der Waals surface area contributed by atoms with Crippen molar-refractivity contribution in [2.24, 2.45) is 0 Å². The highest BCUT2D eigenvalue weighted by Gasteiger charge is 2.18. The van der Waals surface area contributed by atoms with Crippen LogP contribution in [0.5, 0.6) is 0 Å². The van der Waals surface area contributed by atoms with Crippen LogP contribution in [0, 0.1) is 5.82 Å². The summed E-state index contributed by atoms with van der Waals surface area (Å²) >= 11 is 5.99. The lowest BCUT2D eigenvalue weighted by molar-refractivity contribution is 0.238. The lowest BCUT2D eigenvalue weighted by Gasteiger charge is -2.22. The Labute approximate surface area is 100 Å². The predicted molar refractivity (Wildman–Crippen MR) is 64.1 cm³/mol. The molecule has 2 N–H and O–H groups in total. The summed E-state index contributed by atoms with van der Waals surface area (Å²) in [4.78, 5) is 0. The molecule has 1 aromatic carbocycles. The van der Waals surface area contributed by atoms with Crippen molar-refractivity contribution in [3.8, 4) is 0 Å². The quantitative estimate of drug-likeness (QED) is 0.836. The molecule has 4 heteroatoms. The van der Waals surface area contributed by atoms with Gasteiger partial charge in [-0.3, -0.25) is 0 Å². The van der Waals surface area contributed by atoms with E-state index in [0.29, 0.717) is 17.0 Å². The van der Waals surface area contributed by atoms with Crippen molar-refractivity contribution in [2.75, 3.05) is 6.61 Å². The van der Waals surface area contributed by atoms with Crippen LogP contribution in [0.15, 0.2) is 18.2 Å². The average molecular weight is 246 g/mol. The zero-order valence-electron chi connectivity index (χ0n) is 9.50. The van der Waals surface area contributed by atoms with Gasteiger partial charge in [0, 0.05) is 22.7 Å². The number of benzene rings is 1. The Morgan fingerprint density at radius 1 is 1.50 bits per heavy atom. The second kappa shape index (κ2) is 6.18. The summed E-state index contributed by atoms with van der Waals surface area (Å²) in [6, 6.07) is 4.41. The monoisotopic (exact) mass is 245 g/mol. The van der Waals surface area contributed by atoms with Gasteiger partial charge in [0.25, 0.3) is 0 Å². The van der Waals surface area contributed by atoms with E-state index in [1.807, 2.05) is 13.8 Å². The minimum Gasteiger partial charge on any atom is -0.395 e. The molecule has 0 saturated heterocycles. The lowest BCUT2D eigenvalue weighted by Crippen LogP contribution is -2.33. The highest BCUT2D eigenvalue weighted by Crippen LogP contribution is 2.28. The molecule has 0 heterocycles. The maximum Gasteiger partial charge on any atom is 0.129 e. The van der Waals surface area contributed by atoms with Gasteiger partial charge in [0.05, 0.1) is 6.61 Å². The zero-order valence-corrected chi connectivity index (χ0v) is 10.3. The highest BCUT2D eigenvalue weighted by atomic mass is 35.5. The number of rotatable bonds is 5. The van der Waals surface area contributed by atoms with Gasteiger partial charge in [-0.25, -0.2) is 4.39 Å². The first-order chi connectivity index (χ1) is 7.60. The van der Waals surface area contributed by atoms with Crippen LogP contribution in [-0.4, -0.2) is 17.8 Å². The number of aliphatic hydroxyl groups excluding tert-OH is 1. The molecule has 0 amide bonds. The van der Waals surface area contributed by atoms with Gasteiger partial charge in [-0.1, -0.05) is 24.6 Å². The molecule has 0 spiro atoms. The van der Waals surface area contributed by atoms with E-state index in [1.165, 1.54) is 6.07 Å². The van der Waals surface area contributed by atoms with Gasteiger partial charge < -0.3 is 10.4 Å². The summed E-state index contributed by atoms with van der Waals surface area (Å²) < 4.78 is 13.7. The number of hydrogen-bond acceptors (Lipinski definition) is 2. The largest absolute Gasteiger partial charge is 0.395 e. The summed E-state index contributed by atoms with van der Waals surface area (Å²) in [5.74, 6) is -0.308. The normalized spacial score (nSPS) is 14.8. The first-order valence-corrected chi connectivity index (χ1v) is 5.78. The van der Waals surface area contributed by atoms with E-state index in [-0.39, 0.29) is 24.5 Å². The van der Waals surface area contributed by atoms with Crippen LogP contribution in [-0.2, 0) is 0 Å². The summed E-state index contributed by atoms with van der Waals surface area (Å²) in [6.45, 7) is 3.81. The fraction of sp³-hybridized carbons (Fsp3) is 0.500. The van der Waals surface area contributed by atoms with Crippen LogP contribution in [0.4, 0.5) is 4.39 Å². The minimum atomic E-state index is -0.308. The van der Waals surface area contributed by atoms with Gasteiger partial charge in [0.2, 0.25) is 0 Å². The summed E-state index contributed by atoms with van der Waals surface area (Å²) in [5, 5.41) is 12.5. The van der Waals surface area contributed by atoms with Gasteiger partial charge in [0.15, 0.2) is 0 Å². The van der Waals surface area contributed by atoms with Crippen molar-refractivity contribution in [1.29, 1.82) is 0 Å². The molecular weight excluding hydrogens is 229 g/mol. The molecule has 0 aliphatic carbocycles. The van der Waals surface area contributed by atoms with E-state index in [9.17, 15) is 4.39 Å². The number of aliphatic hydroxyl groups is 1. The summed E-state index contributed by atoms with van der Waals surface area (Å²) in [5.41, 5.74) is 0.479. The topological polar surface area (TPSA) is 32.3 Å². The molecule has 16 heavy (non-hydrogen) atoms. The average Bonchev–Trinajstić information content (AvgIpc) is 2.27. The number of halogens is 2. The molecule has 0 aromatic heterocycles. The predicted octanol–water partition coefficient (Wildman–Crippen LogP) is 2.90. The van der Waals surface area contributed by atoms with E-state index in [4.69, 9.17) is 16.7 Å². The molecule has 1 rings (SSSR count). The molecule has 0 fully saturated rings. The summed E-state index contributed by atoms with van der Waals surface area (Å²) in [7, 11) is 0. The van der Waals surface area contributed by atoms with Crippen molar-refractivity contribution < 1.29 is 9.50 Å². The molecule has 0 aliphatic heterocycles. The van der Waals surface area contributed by atoms with Crippen molar-refractivity contribution in [3.05, 3.63) is 34.6 Å². The van der Waals surface area contributed by atoms with Crippen molar-refractivity contribution >= 4 is 11.6 Å². The van der Waals surface area contributed by atoms with Crippen molar-refractivity contribution in [1.82, 2.24) is 5.32 Å². The second-order valence-corrected chi connectivity index (χ2v) is 4.25. The SMILES string of the molecule is CCC(NC(C)CO)c1c(F)cccc1Cl. The number of nitrogens with one attached hydrogen (secondary N) is 1. The standard InChI is InChI=1S/C12H17ClFNO/c1-3-11(15-8(2)7-16)12-9(13)5-4-6-10(12)14/h4-6,8,11,15-16H,3,7H2,1-2H3. The van der Waals surface area contributed by atoms with Crippen LogP contribution in [0.2, 0.25) is 5.02 Å². The molecule has 0 radical (unpaired) electrons. The Kier molecular flexibility index (Phi) is 5.19. The fourth-order valence-electron chi connectivity index (χ4n) is 1.65. The van der Waals surface area contributed by atoms with Gasteiger partial charge in [-0.05, 0) is 25.5 Å². The van der Waals surface area contributed by atoms with Crippen molar-refractivity contribution in [2.45, 2.75) is 32.4 Å². The minimum absolute atomic E-state index is 0.0164. The molecule has 0 aliphatic rings. The molecule has 2 nitrogen and oxygen atoms in total. The van der Waals surface area contributed by atoms with Crippen LogP contribution >= 0.6 is 11.6 Å². The Bertz CT molecular complexity index is 326. The van der Waals surface area contributed by atoms with Gasteiger partial charge >= 0.3 is 0 Å². The second-order valence-electron chi connectivity index (χ2n) is 3.85. The fourth-order valence-corrected chi connectivity index (χ4v) is 1.94. The number of hydrogen-bond donors (Lipinski definition) is 2. The van der Waals surface area contributed by atoms with Crippen LogP contribution in [0.3, 0.4) is 0 Å². The maximum atomic E-state index is 13.7. The molecule has 0 saturated carbocycles. The molecule has 2 unspecified atom stereocenters. The third-order valence-electron chi connectivity index (χ3n) is 2.52.